The van der Waals surface area contributed by atoms with Crippen LogP contribution in [0.3, 0.4) is 0 Å². The van der Waals surface area contributed by atoms with Crippen LogP contribution in [0.4, 0.5) is 0 Å². The van der Waals surface area contributed by atoms with E-state index in [0.29, 0.717) is 17.4 Å². The number of halogens is 1. The minimum Gasteiger partial charge on any atom is -0.495 e. The molecule has 140 valence electrons. The molecule has 1 atom stereocenters. The van der Waals surface area contributed by atoms with E-state index in [9.17, 15) is 0 Å². The van der Waals surface area contributed by atoms with Crippen LogP contribution >= 0.6 is 11.6 Å². The Morgan fingerprint density at radius 2 is 1.93 bits per heavy atom. The van der Waals surface area contributed by atoms with Crippen LogP contribution in [0.25, 0.3) is 16.9 Å². The minimum absolute atomic E-state index is 0.149. The summed E-state index contributed by atoms with van der Waals surface area (Å²) in [5.41, 5.74) is 7.19. The normalized spacial score (nSPS) is 16.3. The van der Waals surface area contributed by atoms with Crippen LogP contribution in [-0.4, -0.2) is 28.0 Å². The standard InChI is InChI=1S/C21H22ClN3O2/c1-12-7-15(8-13(2)23-12)21-17-11-27-14(3)9-19(17)25(24-21)16-5-6-18(22)20(10-16)26-4/h5-8,10,14H,9,11H2,1-4H3/t14-/m0/s1. The zero-order valence-corrected chi connectivity index (χ0v) is 16.7. The van der Waals surface area contributed by atoms with Gasteiger partial charge in [0.1, 0.15) is 5.75 Å². The van der Waals surface area contributed by atoms with Crippen LogP contribution < -0.4 is 4.74 Å². The summed E-state index contributed by atoms with van der Waals surface area (Å²) in [6, 6.07) is 9.86. The van der Waals surface area contributed by atoms with Gasteiger partial charge < -0.3 is 9.47 Å². The molecule has 2 aromatic heterocycles. The number of ether oxygens (including phenoxy) is 2. The highest BCUT2D eigenvalue weighted by atomic mass is 35.5. The Labute approximate surface area is 163 Å². The lowest BCUT2D eigenvalue weighted by atomic mass is 10.0. The number of nitrogens with zero attached hydrogens (tertiary/aromatic N) is 3. The Morgan fingerprint density at radius 3 is 2.63 bits per heavy atom. The molecule has 0 radical (unpaired) electrons. The fraction of sp³-hybridized carbons (Fsp3) is 0.333. The van der Waals surface area contributed by atoms with Crippen molar-refractivity contribution in [1.82, 2.24) is 14.8 Å². The van der Waals surface area contributed by atoms with Gasteiger partial charge in [0.25, 0.3) is 0 Å². The maximum absolute atomic E-state index is 6.20. The summed E-state index contributed by atoms with van der Waals surface area (Å²) in [7, 11) is 1.62. The van der Waals surface area contributed by atoms with Crippen molar-refractivity contribution >= 4 is 11.6 Å². The number of rotatable bonds is 3. The van der Waals surface area contributed by atoms with Crippen molar-refractivity contribution in [2.45, 2.75) is 39.9 Å². The Bertz CT molecular complexity index is 993. The van der Waals surface area contributed by atoms with Crippen LogP contribution in [0.1, 0.15) is 29.6 Å². The molecule has 0 N–H and O–H groups in total. The van der Waals surface area contributed by atoms with Gasteiger partial charge in [0.2, 0.25) is 0 Å². The average molecular weight is 384 g/mol. The van der Waals surface area contributed by atoms with Gasteiger partial charge >= 0.3 is 0 Å². The molecule has 0 saturated carbocycles. The van der Waals surface area contributed by atoms with Gasteiger partial charge in [-0.2, -0.15) is 5.10 Å². The monoisotopic (exact) mass is 383 g/mol. The zero-order valence-electron chi connectivity index (χ0n) is 15.9. The molecule has 5 nitrogen and oxygen atoms in total. The Kier molecular flexibility index (Phi) is 4.66. The number of aryl methyl sites for hydroxylation is 2. The number of aromatic nitrogens is 3. The van der Waals surface area contributed by atoms with Gasteiger partial charge in [-0.05, 0) is 45.0 Å². The second kappa shape index (κ2) is 6.98. The van der Waals surface area contributed by atoms with Crippen molar-refractivity contribution in [3.05, 3.63) is 58.0 Å². The van der Waals surface area contributed by atoms with Gasteiger partial charge in [-0.3, -0.25) is 4.98 Å². The fourth-order valence-electron chi connectivity index (χ4n) is 3.60. The van der Waals surface area contributed by atoms with Crippen LogP contribution in [-0.2, 0) is 17.8 Å². The Balaban J connectivity index is 1.91. The number of hydrogen-bond donors (Lipinski definition) is 0. The maximum atomic E-state index is 6.20. The largest absolute Gasteiger partial charge is 0.495 e. The molecule has 6 heteroatoms. The number of hydrogen-bond acceptors (Lipinski definition) is 4. The zero-order chi connectivity index (χ0) is 19.1. The summed E-state index contributed by atoms with van der Waals surface area (Å²) < 4.78 is 13.3. The van der Waals surface area contributed by atoms with E-state index >= 15 is 0 Å². The molecule has 3 heterocycles. The van der Waals surface area contributed by atoms with E-state index in [1.54, 1.807) is 7.11 Å². The summed E-state index contributed by atoms with van der Waals surface area (Å²) in [4.78, 5) is 4.48. The highest BCUT2D eigenvalue weighted by molar-refractivity contribution is 6.32. The lowest BCUT2D eigenvalue weighted by Gasteiger charge is -2.21. The smallest absolute Gasteiger partial charge is 0.139 e. The van der Waals surface area contributed by atoms with Crippen molar-refractivity contribution in [3.63, 3.8) is 0 Å². The van der Waals surface area contributed by atoms with Gasteiger partial charge in [-0.15, -0.1) is 0 Å². The molecule has 0 bridgehead atoms. The summed E-state index contributed by atoms with van der Waals surface area (Å²) >= 11 is 6.20. The van der Waals surface area contributed by atoms with E-state index < -0.39 is 0 Å². The predicted molar refractivity (Wildman–Crippen MR) is 106 cm³/mol. The molecule has 0 unspecified atom stereocenters. The van der Waals surface area contributed by atoms with Crippen LogP contribution in [0.5, 0.6) is 5.75 Å². The molecule has 0 saturated heterocycles. The third kappa shape index (κ3) is 3.33. The molecule has 0 fully saturated rings. The second-order valence-corrected chi connectivity index (χ2v) is 7.38. The molecule has 1 aromatic carbocycles. The van der Waals surface area contributed by atoms with Gasteiger partial charge in [0.15, 0.2) is 0 Å². The van der Waals surface area contributed by atoms with E-state index in [1.807, 2.05) is 36.7 Å². The summed E-state index contributed by atoms with van der Waals surface area (Å²) in [6.45, 7) is 6.64. The number of pyridine rings is 1. The molecule has 0 aliphatic carbocycles. The SMILES string of the molecule is COc1cc(-n2nc(-c3cc(C)nc(C)c3)c3c2C[C@H](C)OC3)ccc1Cl. The molecule has 0 spiro atoms. The Hall–Kier alpha value is -2.37. The summed E-state index contributed by atoms with van der Waals surface area (Å²) in [5, 5.41) is 5.55. The number of methoxy groups -OCH3 is 1. The molecule has 27 heavy (non-hydrogen) atoms. The van der Waals surface area contributed by atoms with E-state index in [0.717, 1.165) is 40.3 Å². The van der Waals surface area contributed by atoms with E-state index in [4.69, 9.17) is 26.2 Å². The second-order valence-electron chi connectivity index (χ2n) is 6.97. The lowest BCUT2D eigenvalue weighted by Crippen LogP contribution is -2.21. The highest BCUT2D eigenvalue weighted by Crippen LogP contribution is 2.34. The molecule has 4 rings (SSSR count). The van der Waals surface area contributed by atoms with E-state index in [2.05, 4.69) is 24.0 Å². The average Bonchev–Trinajstić information content (AvgIpc) is 3.00. The quantitative estimate of drug-likeness (QED) is 0.659. The minimum atomic E-state index is 0.149. The first-order chi connectivity index (χ1) is 13.0. The number of benzene rings is 1. The first kappa shape index (κ1) is 18.0. The van der Waals surface area contributed by atoms with Crippen molar-refractivity contribution < 1.29 is 9.47 Å². The Morgan fingerprint density at radius 1 is 1.19 bits per heavy atom. The van der Waals surface area contributed by atoms with E-state index in [1.165, 1.54) is 5.69 Å². The van der Waals surface area contributed by atoms with E-state index in [-0.39, 0.29) is 6.10 Å². The lowest BCUT2D eigenvalue weighted by molar-refractivity contribution is 0.0401. The van der Waals surface area contributed by atoms with Gasteiger partial charge in [0, 0.05) is 35.0 Å². The molecule has 0 amide bonds. The third-order valence-corrected chi connectivity index (χ3v) is 5.13. The highest BCUT2D eigenvalue weighted by Gasteiger charge is 2.26. The summed E-state index contributed by atoms with van der Waals surface area (Å²) in [5.74, 6) is 0.635. The van der Waals surface area contributed by atoms with Gasteiger partial charge in [-0.1, -0.05) is 11.6 Å². The van der Waals surface area contributed by atoms with Crippen molar-refractivity contribution in [2.24, 2.45) is 0 Å². The summed E-state index contributed by atoms with van der Waals surface area (Å²) in [6.07, 6.45) is 0.951. The topological polar surface area (TPSA) is 49.2 Å². The van der Waals surface area contributed by atoms with Gasteiger partial charge in [-0.25, -0.2) is 4.68 Å². The number of fused-ring (bicyclic) bond motifs is 1. The van der Waals surface area contributed by atoms with Crippen LogP contribution in [0.2, 0.25) is 5.02 Å². The van der Waals surface area contributed by atoms with Gasteiger partial charge in [0.05, 0.1) is 41.9 Å². The maximum Gasteiger partial charge on any atom is 0.139 e. The molecular weight excluding hydrogens is 362 g/mol. The van der Waals surface area contributed by atoms with Crippen molar-refractivity contribution in [3.8, 4) is 22.7 Å². The molecular formula is C21H22ClN3O2. The molecule has 1 aliphatic heterocycles. The van der Waals surface area contributed by atoms with Crippen LogP contribution in [0.15, 0.2) is 30.3 Å². The first-order valence-corrected chi connectivity index (χ1v) is 9.36. The molecule has 3 aromatic rings. The van der Waals surface area contributed by atoms with Crippen molar-refractivity contribution in [1.29, 1.82) is 0 Å². The predicted octanol–water partition coefficient (Wildman–Crippen LogP) is 4.67. The van der Waals surface area contributed by atoms with Crippen LogP contribution in [0, 0.1) is 13.8 Å². The van der Waals surface area contributed by atoms with Crippen molar-refractivity contribution in [2.75, 3.05) is 7.11 Å². The third-order valence-electron chi connectivity index (χ3n) is 4.82. The first-order valence-electron chi connectivity index (χ1n) is 8.98. The molecule has 1 aliphatic rings. The fourth-order valence-corrected chi connectivity index (χ4v) is 3.80.